The molecule has 5 heteroatoms. The molecule has 98 valence electrons. The van der Waals surface area contributed by atoms with Crippen molar-refractivity contribution < 1.29 is 14.6 Å². The Morgan fingerprint density at radius 2 is 2.33 bits per heavy atom. The maximum Gasteiger partial charge on any atom is 0.339 e. The molecule has 1 atom stereocenters. The van der Waals surface area contributed by atoms with Crippen molar-refractivity contribution in [2.45, 2.75) is 32.7 Å². The molecular weight excluding hydrogens is 232 g/mol. The van der Waals surface area contributed by atoms with Crippen LogP contribution in [0, 0.1) is 13.8 Å². The van der Waals surface area contributed by atoms with Gasteiger partial charge < -0.3 is 15.2 Å². The van der Waals surface area contributed by atoms with Crippen molar-refractivity contribution in [3.63, 3.8) is 0 Å². The van der Waals surface area contributed by atoms with Gasteiger partial charge in [-0.1, -0.05) is 0 Å². The number of carbonyl (C=O) groups is 1. The van der Waals surface area contributed by atoms with Crippen LogP contribution in [0.25, 0.3) is 0 Å². The number of nitrogens with zero attached hydrogens (tertiary/aromatic N) is 1. The van der Waals surface area contributed by atoms with Crippen LogP contribution in [0.5, 0.6) is 0 Å². The number of pyridine rings is 1. The summed E-state index contributed by atoms with van der Waals surface area (Å²) in [5.41, 5.74) is 1.80. The number of rotatable bonds is 3. The lowest BCUT2D eigenvalue weighted by Gasteiger charge is -2.24. The highest BCUT2D eigenvalue weighted by Crippen LogP contribution is 2.21. The first-order valence-electron chi connectivity index (χ1n) is 6.13. The van der Waals surface area contributed by atoms with Crippen molar-refractivity contribution in [1.82, 2.24) is 4.98 Å². The van der Waals surface area contributed by atoms with Gasteiger partial charge in [-0.2, -0.15) is 0 Å². The monoisotopic (exact) mass is 250 g/mol. The summed E-state index contributed by atoms with van der Waals surface area (Å²) in [6, 6.07) is 1.93. The summed E-state index contributed by atoms with van der Waals surface area (Å²) in [5.74, 6) is -0.491. The second-order valence-electron chi connectivity index (χ2n) is 4.67. The molecule has 18 heavy (non-hydrogen) atoms. The first-order chi connectivity index (χ1) is 8.58. The fourth-order valence-electron chi connectivity index (χ4n) is 2.26. The summed E-state index contributed by atoms with van der Waals surface area (Å²) in [5, 5.41) is 12.5. The number of aromatic nitrogens is 1. The molecule has 2 heterocycles. The van der Waals surface area contributed by atoms with Gasteiger partial charge in [0.25, 0.3) is 0 Å². The largest absolute Gasteiger partial charge is 0.478 e. The quantitative estimate of drug-likeness (QED) is 0.858. The van der Waals surface area contributed by atoms with Gasteiger partial charge in [0.2, 0.25) is 0 Å². The second kappa shape index (κ2) is 5.35. The molecule has 2 N–H and O–H groups in total. The van der Waals surface area contributed by atoms with Crippen LogP contribution >= 0.6 is 0 Å². The summed E-state index contributed by atoms with van der Waals surface area (Å²) in [6.45, 7) is 5.04. The van der Waals surface area contributed by atoms with Gasteiger partial charge in [0.1, 0.15) is 11.4 Å². The number of hydrogen-bond donors (Lipinski definition) is 2. The lowest BCUT2D eigenvalue weighted by Crippen LogP contribution is -2.31. The van der Waals surface area contributed by atoms with E-state index in [1.807, 2.05) is 6.92 Å². The maximum absolute atomic E-state index is 11.3. The Kier molecular flexibility index (Phi) is 3.81. The number of nitrogens with one attached hydrogen (secondary N) is 1. The van der Waals surface area contributed by atoms with Crippen molar-refractivity contribution in [1.29, 1.82) is 0 Å². The maximum atomic E-state index is 11.3. The van der Waals surface area contributed by atoms with E-state index in [1.54, 1.807) is 13.0 Å². The molecule has 0 amide bonds. The number of aromatic carboxylic acids is 1. The van der Waals surface area contributed by atoms with E-state index < -0.39 is 5.97 Å². The SMILES string of the molecule is Cc1cc(C)c(C(=O)O)c(NC2CCCOC2)n1. The van der Waals surface area contributed by atoms with Gasteiger partial charge in [-0.15, -0.1) is 0 Å². The Balaban J connectivity index is 2.27. The highest BCUT2D eigenvalue weighted by Gasteiger charge is 2.20. The summed E-state index contributed by atoms with van der Waals surface area (Å²) < 4.78 is 5.38. The molecule has 0 bridgehead atoms. The molecule has 0 aliphatic carbocycles. The first kappa shape index (κ1) is 12.8. The molecule has 0 spiro atoms. The second-order valence-corrected chi connectivity index (χ2v) is 4.67. The number of aryl methyl sites for hydroxylation is 2. The van der Waals surface area contributed by atoms with E-state index in [0.717, 1.165) is 30.7 Å². The lowest BCUT2D eigenvalue weighted by molar-refractivity contribution is 0.0695. The molecule has 0 radical (unpaired) electrons. The lowest BCUT2D eigenvalue weighted by atomic mass is 10.1. The summed E-state index contributed by atoms with van der Waals surface area (Å²) >= 11 is 0. The number of ether oxygens (including phenoxy) is 1. The molecule has 1 aromatic heterocycles. The minimum Gasteiger partial charge on any atom is -0.478 e. The van der Waals surface area contributed by atoms with Crippen LogP contribution in [0.2, 0.25) is 0 Å². The summed E-state index contributed by atoms with van der Waals surface area (Å²) in [7, 11) is 0. The molecule has 1 saturated heterocycles. The molecular formula is C13H18N2O3. The van der Waals surface area contributed by atoms with Crippen LogP contribution in [0.15, 0.2) is 6.07 Å². The average Bonchev–Trinajstić information content (AvgIpc) is 2.28. The van der Waals surface area contributed by atoms with E-state index in [4.69, 9.17) is 4.74 Å². The Morgan fingerprint density at radius 1 is 1.56 bits per heavy atom. The number of hydrogen-bond acceptors (Lipinski definition) is 4. The number of carboxylic acids is 1. The van der Waals surface area contributed by atoms with Gasteiger partial charge in [0.05, 0.1) is 12.6 Å². The third-order valence-electron chi connectivity index (χ3n) is 3.06. The third-order valence-corrected chi connectivity index (χ3v) is 3.06. The zero-order valence-corrected chi connectivity index (χ0v) is 10.7. The van der Waals surface area contributed by atoms with Gasteiger partial charge in [0, 0.05) is 12.3 Å². The van der Waals surface area contributed by atoms with Gasteiger partial charge in [0.15, 0.2) is 0 Å². The number of carboxylic acid groups (broad SMARTS) is 1. The van der Waals surface area contributed by atoms with E-state index in [9.17, 15) is 9.90 Å². The third kappa shape index (κ3) is 2.79. The standard InChI is InChI=1S/C13H18N2O3/c1-8-6-9(2)14-12(11(8)13(16)17)15-10-4-3-5-18-7-10/h6,10H,3-5,7H2,1-2H3,(H,14,15)(H,16,17). The van der Waals surface area contributed by atoms with Crippen LogP contribution in [-0.4, -0.2) is 35.3 Å². The van der Waals surface area contributed by atoms with Crippen molar-refractivity contribution in [3.05, 3.63) is 22.9 Å². The average molecular weight is 250 g/mol. The van der Waals surface area contributed by atoms with Crippen LogP contribution in [0.1, 0.15) is 34.5 Å². The predicted octanol–water partition coefficient (Wildman–Crippen LogP) is 1.99. The van der Waals surface area contributed by atoms with Crippen LogP contribution in [0.3, 0.4) is 0 Å². The van der Waals surface area contributed by atoms with Crippen molar-refractivity contribution >= 4 is 11.8 Å². The molecule has 0 aromatic carbocycles. The van der Waals surface area contributed by atoms with Gasteiger partial charge in [-0.25, -0.2) is 9.78 Å². The van der Waals surface area contributed by atoms with Crippen molar-refractivity contribution in [2.75, 3.05) is 18.5 Å². The topological polar surface area (TPSA) is 71.5 Å². The smallest absolute Gasteiger partial charge is 0.339 e. The Hall–Kier alpha value is -1.62. The first-order valence-corrected chi connectivity index (χ1v) is 6.13. The summed E-state index contributed by atoms with van der Waals surface area (Å²) in [6.07, 6.45) is 1.97. The van der Waals surface area contributed by atoms with Crippen LogP contribution in [0.4, 0.5) is 5.82 Å². The minimum absolute atomic E-state index is 0.144. The fourth-order valence-corrected chi connectivity index (χ4v) is 2.26. The van der Waals surface area contributed by atoms with Crippen LogP contribution in [-0.2, 0) is 4.74 Å². The van der Waals surface area contributed by atoms with Gasteiger partial charge in [-0.05, 0) is 38.3 Å². The molecule has 5 nitrogen and oxygen atoms in total. The van der Waals surface area contributed by atoms with E-state index in [-0.39, 0.29) is 11.6 Å². The van der Waals surface area contributed by atoms with Gasteiger partial charge >= 0.3 is 5.97 Å². The van der Waals surface area contributed by atoms with E-state index in [1.165, 1.54) is 0 Å². The molecule has 1 fully saturated rings. The van der Waals surface area contributed by atoms with E-state index in [0.29, 0.717) is 12.4 Å². The fraction of sp³-hybridized carbons (Fsp3) is 0.538. The zero-order valence-electron chi connectivity index (χ0n) is 10.7. The van der Waals surface area contributed by atoms with Crippen molar-refractivity contribution in [2.24, 2.45) is 0 Å². The molecule has 2 rings (SSSR count). The highest BCUT2D eigenvalue weighted by molar-refractivity contribution is 5.94. The predicted molar refractivity (Wildman–Crippen MR) is 68.1 cm³/mol. The number of anilines is 1. The Morgan fingerprint density at radius 3 is 2.94 bits per heavy atom. The van der Waals surface area contributed by atoms with Crippen LogP contribution < -0.4 is 5.32 Å². The normalized spacial score (nSPS) is 19.6. The molecule has 1 aromatic rings. The van der Waals surface area contributed by atoms with Crippen molar-refractivity contribution in [3.8, 4) is 0 Å². The molecule has 1 unspecified atom stereocenters. The zero-order chi connectivity index (χ0) is 13.1. The van der Waals surface area contributed by atoms with Gasteiger partial charge in [-0.3, -0.25) is 0 Å². The molecule has 0 saturated carbocycles. The minimum atomic E-state index is -0.945. The highest BCUT2D eigenvalue weighted by atomic mass is 16.5. The molecule has 1 aliphatic rings. The molecule has 1 aliphatic heterocycles. The Labute approximate surface area is 106 Å². The Bertz CT molecular complexity index is 454. The van der Waals surface area contributed by atoms with E-state index in [2.05, 4.69) is 10.3 Å². The summed E-state index contributed by atoms with van der Waals surface area (Å²) in [4.78, 5) is 15.6. The van der Waals surface area contributed by atoms with E-state index >= 15 is 0 Å².